The first-order valence-electron chi connectivity index (χ1n) is 7.59. The minimum absolute atomic E-state index is 0.192. The van der Waals surface area contributed by atoms with E-state index in [2.05, 4.69) is 4.74 Å². The summed E-state index contributed by atoms with van der Waals surface area (Å²) in [6.45, 7) is 0.301. The van der Waals surface area contributed by atoms with Gasteiger partial charge in [-0.15, -0.1) is 0 Å². The molecule has 118 valence electrons. The molecular formula is C17H20O5. The standard InChI is InChI=1S/C17H20O5/c18-15(21-12-13-7-3-1-4-8-13)10-6-2-5-9-14-11-16(19)22-17(14)20/h1,3-4,7-8,14H,2,5-6,9-12H2. The number of ether oxygens (including phenoxy) is 2. The van der Waals surface area contributed by atoms with Gasteiger partial charge in [0.15, 0.2) is 0 Å². The predicted molar refractivity (Wildman–Crippen MR) is 78.5 cm³/mol. The van der Waals surface area contributed by atoms with Crippen molar-refractivity contribution in [3.8, 4) is 0 Å². The van der Waals surface area contributed by atoms with E-state index in [0.29, 0.717) is 19.4 Å². The summed E-state index contributed by atoms with van der Waals surface area (Å²) in [5, 5.41) is 0. The number of benzene rings is 1. The molecule has 5 nitrogen and oxygen atoms in total. The zero-order chi connectivity index (χ0) is 15.8. The summed E-state index contributed by atoms with van der Waals surface area (Å²) >= 11 is 0. The summed E-state index contributed by atoms with van der Waals surface area (Å²) in [5.74, 6) is -1.34. The van der Waals surface area contributed by atoms with Gasteiger partial charge in [0, 0.05) is 6.42 Å². The van der Waals surface area contributed by atoms with Crippen LogP contribution in [0.25, 0.3) is 0 Å². The molecule has 0 radical (unpaired) electrons. The lowest BCUT2D eigenvalue weighted by Gasteiger charge is -2.06. The quantitative estimate of drug-likeness (QED) is 0.419. The van der Waals surface area contributed by atoms with E-state index in [4.69, 9.17) is 4.74 Å². The van der Waals surface area contributed by atoms with Crippen LogP contribution in [0.5, 0.6) is 0 Å². The Hall–Kier alpha value is -2.17. The molecule has 1 atom stereocenters. The molecule has 1 saturated heterocycles. The number of carbonyl (C=O) groups is 3. The van der Waals surface area contributed by atoms with Gasteiger partial charge in [-0.25, -0.2) is 0 Å². The maximum Gasteiger partial charge on any atom is 0.317 e. The zero-order valence-corrected chi connectivity index (χ0v) is 12.5. The van der Waals surface area contributed by atoms with Gasteiger partial charge in [0.2, 0.25) is 0 Å². The van der Waals surface area contributed by atoms with Crippen molar-refractivity contribution in [1.29, 1.82) is 0 Å². The van der Waals surface area contributed by atoms with Gasteiger partial charge in [0.1, 0.15) is 6.61 Å². The van der Waals surface area contributed by atoms with Gasteiger partial charge in [-0.1, -0.05) is 43.2 Å². The lowest BCUT2D eigenvalue weighted by molar-refractivity contribution is -0.153. The molecule has 0 N–H and O–H groups in total. The molecule has 1 aromatic carbocycles. The Bertz CT molecular complexity index is 523. The highest BCUT2D eigenvalue weighted by Gasteiger charge is 2.32. The molecule has 0 aliphatic carbocycles. The second-order valence-corrected chi connectivity index (χ2v) is 5.44. The highest BCUT2D eigenvalue weighted by Crippen LogP contribution is 2.22. The summed E-state index contributed by atoms with van der Waals surface area (Å²) in [6, 6.07) is 9.55. The largest absolute Gasteiger partial charge is 0.461 e. The molecule has 1 aliphatic rings. The Morgan fingerprint density at radius 3 is 2.59 bits per heavy atom. The molecule has 1 fully saturated rings. The van der Waals surface area contributed by atoms with Crippen LogP contribution in [0.15, 0.2) is 30.3 Å². The van der Waals surface area contributed by atoms with Crippen LogP contribution in [0.1, 0.15) is 44.1 Å². The third-order valence-corrected chi connectivity index (χ3v) is 3.64. The first-order valence-corrected chi connectivity index (χ1v) is 7.59. The van der Waals surface area contributed by atoms with E-state index < -0.39 is 11.9 Å². The van der Waals surface area contributed by atoms with Crippen molar-refractivity contribution < 1.29 is 23.9 Å². The Morgan fingerprint density at radius 1 is 1.14 bits per heavy atom. The molecular weight excluding hydrogens is 284 g/mol. The second kappa shape index (κ2) is 8.32. The van der Waals surface area contributed by atoms with E-state index in [9.17, 15) is 14.4 Å². The molecule has 22 heavy (non-hydrogen) atoms. The number of esters is 3. The molecule has 5 heteroatoms. The van der Waals surface area contributed by atoms with Gasteiger partial charge >= 0.3 is 17.9 Å². The van der Waals surface area contributed by atoms with E-state index in [-0.39, 0.29) is 18.3 Å². The molecule has 0 spiro atoms. The van der Waals surface area contributed by atoms with Crippen molar-refractivity contribution in [3.63, 3.8) is 0 Å². The smallest absolute Gasteiger partial charge is 0.317 e. The van der Waals surface area contributed by atoms with Gasteiger partial charge in [0.05, 0.1) is 12.3 Å². The van der Waals surface area contributed by atoms with Gasteiger partial charge in [-0.05, 0) is 18.4 Å². The number of hydrogen-bond donors (Lipinski definition) is 0. The molecule has 0 amide bonds. The minimum Gasteiger partial charge on any atom is -0.461 e. The van der Waals surface area contributed by atoms with Crippen molar-refractivity contribution in [2.75, 3.05) is 0 Å². The summed E-state index contributed by atoms with van der Waals surface area (Å²) in [6.07, 6.45) is 3.57. The normalized spacial score (nSPS) is 17.4. The van der Waals surface area contributed by atoms with E-state index in [1.807, 2.05) is 30.3 Å². The summed E-state index contributed by atoms with van der Waals surface area (Å²) < 4.78 is 9.67. The van der Waals surface area contributed by atoms with E-state index in [0.717, 1.165) is 24.8 Å². The van der Waals surface area contributed by atoms with Gasteiger partial charge in [-0.2, -0.15) is 0 Å². The van der Waals surface area contributed by atoms with E-state index in [1.54, 1.807) is 0 Å². The fourth-order valence-electron chi connectivity index (χ4n) is 2.39. The van der Waals surface area contributed by atoms with Crippen LogP contribution in [0.2, 0.25) is 0 Å². The molecule has 0 bridgehead atoms. The first kappa shape index (κ1) is 16.2. The number of rotatable bonds is 8. The molecule has 2 rings (SSSR count). The van der Waals surface area contributed by atoms with Crippen LogP contribution in [0.4, 0.5) is 0 Å². The average Bonchev–Trinajstić information content (AvgIpc) is 2.84. The SMILES string of the molecule is O=C(CCCCCC1CC(=O)OC1=O)OCc1ccccc1. The fraction of sp³-hybridized carbons (Fsp3) is 0.471. The van der Waals surface area contributed by atoms with Crippen LogP contribution in [-0.4, -0.2) is 17.9 Å². The maximum absolute atomic E-state index is 11.6. The summed E-state index contributed by atoms with van der Waals surface area (Å²) in [4.78, 5) is 33.8. The van der Waals surface area contributed by atoms with Gasteiger partial charge < -0.3 is 9.47 Å². The zero-order valence-electron chi connectivity index (χ0n) is 12.5. The molecule has 1 heterocycles. The van der Waals surface area contributed by atoms with Gasteiger partial charge in [-0.3, -0.25) is 14.4 Å². The molecule has 0 aromatic heterocycles. The van der Waals surface area contributed by atoms with Crippen LogP contribution >= 0.6 is 0 Å². The van der Waals surface area contributed by atoms with Crippen LogP contribution < -0.4 is 0 Å². The van der Waals surface area contributed by atoms with E-state index >= 15 is 0 Å². The minimum atomic E-state index is -0.431. The maximum atomic E-state index is 11.6. The number of unbranched alkanes of at least 4 members (excludes halogenated alkanes) is 2. The van der Waals surface area contributed by atoms with Crippen molar-refractivity contribution in [3.05, 3.63) is 35.9 Å². The number of carbonyl (C=O) groups excluding carboxylic acids is 3. The number of cyclic esters (lactones) is 2. The number of hydrogen-bond acceptors (Lipinski definition) is 5. The van der Waals surface area contributed by atoms with Crippen molar-refractivity contribution in [1.82, 2.24) is 0 Å². The average molecular weight is 304 g/mol. The fourth-order valence-corrected chi connectivity index (χ4v) is 2.39. The Labute approximate surface area is 129 Å². The Kier molecular flexibility index (Phi) is 6.13. The Balaban J connectivity index is 1.52. The van der Waals surface area contributed by atoms with Crippen LogP contribution in [0, 0.1) is 5.92 Å². The molecule has 1 aliphatic heterocycles. The highest BCUT2D eigenvalue weighted by atomic mass is 16.6. The van der Waals surface area contributed by atoms with Crippen molar-refractivity contribution in [2.24, 2.45) is 5.92 Å². The molecule has 1 unspecified atom stereocenters. The molecule has 0 saturated carbocycles. The second-order valence-electron chi connectivity index (χ2n) is 5.44. The van der Waals surface area contributed by atoms with E-state index in [1.165, 1.54) is 0 Å². The Morgan fingerprint density at radius 2 is 1.91 bits per heavy atom. The third-order valence-electron chi connectivity index (χ3n) is 3.64. The lowest BCUT2D eigenvalue weighted by atomic mass is 9.99. The topological polar surface area (TPSA) is 69.7 Å². The van der Waals surface area contributed by atoms with Crippen molar-refractivity contribution >= 4 is 17.9 Å². The van der Waals surface area contributed by atoms with Gasteiger partial charge in [0.25, 0.3) is 0 Å². The summed E-state index contributed by atoms with van der Waals surface area (Å²) in [7, 11) is 0. The summed E-state index contributed by atoms with van der Waals surface area (Å²) in [5.41, 5.74) is 0.972. The highest BCUT2D eigenvalue weighted by molar-refractivity contribution is 5.94. The monoisotopic (exact) mass is 304 g/mol. The lowest BCUT2D eigenvalue weighted by Crippen LogP contribution is -2.07. The van der Waals surface area contributed by atoms with Crippen LogP contribution in [-0.2, 0) is 30.5 Å². The van der Waals surface area contributed by atoms with Crippen LogP contribution in [0.3, 0.4) is 0 Å². The predicted octanol–water partition coefficient (Wildman–Crippen LogP) is 2.77. The molecule has 1 aromatic rings. The van der Waals surface area contributed by atoms with Crippen molar-refractivity contribution in [2.45, 2.75) is 45.1 Å². The third kappa shape index (κ3) is 5.31. The first-order chi connectivity index (χ1) is 10.6.